The van der Waals surface area contributed by atoms with Gasteiger partial charge in [0.1, 0.15) is 5.75 Å². The van der Waals surface area contributed by atoms with Crippen LogP contribution in [0.3, 0.4) is 0 Å². The van der Waals surface area contributed by atoms with Crippen LogP contribution in [-0.2, 0) is 12.0 Å². The average molecular weight is 236 g/mol. The third-order valence-corrected chi connectivity index (χ3v) is 2.60. The van der Waals surface area contributed by atoms with Crippen LogP contribution >= 0.6 is 0 Å². The predicted molar refractivity (Wildman–Crippen MR) is 71.4 cm³/mol. The van der Waals surface area contributed by atoms with Gasteiger partial charge in [0.05, 0.1) is 13.2 Å². The molecule has 2 heteroatoms. The monoisotopic (exact) mass is 236 g/mol. The van der Waals surface area contributed by atoms with Crippen molar-refractivity contribution in [3.8, 4) is 5.75 Å². The summed E-state index contributed by atoms with van der Waals surface area (Å²) in [5.74, 6) is 1.36. The van der Waals surface area contributed by atoms with Crippen LogP contribution in [0.2, 0.25) is 0 Å². The minimum absolute atomic E-state index is 0.0575. The summed E-state index contributed by atoms with van der Waals surface area (Å²) in [6.45, 7) is 11.5. The molecule has 0 saturated carbocycles. The van der Waals surface area contributed by atoms with Crippen LogP contribution < -0.4 is 4.74 Å². The molecular weight excluding hydrogens is 212 g/mol. The summed E-state index contributed by atoms with van der Waals surface area (Å²) in [6, 6.07) is 6.03. The van der Waals surface area contributed by atoms with Crippen LogP contribution in [0.1, 0.15) is 45.7 Å². The van der Waals surface area contributed by atoms with E-state index in [0.29, 0.717) is 12.5 Å². The van der Waals surface area contributed by atoms with Gasteiger partial charge in [0.2, 0.25) is 0 Å². The van der Waals surface area contributed by atoms with E-state index >= 15 is 0 Å². The van der Waals surface area contributed by atoms with Crippen molar-refractivity contribution < 1.29 is 9.84 Å². The Bertz CT molecular complexity index is 362. The summed E-state index contributed by atoms with van der Waals surface area (Å²) in [4.78, 5) is 0. The molecule has 2 nitrogen and oxygen atoms in total. The van der Waals surface area contributed by atoms with Gasteiger partial charge in [-0.1, -0.05) is 40.7 Å². The molecule has 1 aromatic carbocycles. The van der Waals surface area contributed by atoms with E-state index in [0.717, 1.165) is 11.3 Å². The summed E-state index contributed by atoms with van der Waals surface area (Å²) < 4.78 is 5.73. The molecule has 0 aromatic heterocycles. The molecule has 0 heterocycles. The molecule has 17 heavy (non-hydrogen) atoms. The average Bonchev–Trinajstić information content (AvgIpc) is 2.24. The van der Waals surface area contributed by atoms with Gasteiger partial charge in [0.15, 0.2) is 0 Å². The fourth-order valence-corrected chi connectivity index (χ4v) is 1.53. The first kappa shape index (κ1) is 14.0. The van der Waals surface area contributed by atoms with Crippen LogP contribution in [-0.4, -0.2) is 11.7 Å². The number of hydrogen-bond acceptors (Lipinski definition) is 2. The Kier molecular flexibility index (Phi) is 4.58. The quantitative estimate of drug-likeness (QED) is 0.867. The second-order valence-electron chi connectivity index (χ2n) is 5.98. The van der Waals surface area contributed by atoms with Gasteiger partial charge in [-0.2, -0.15) is 0 Å². The minimum Gasteiger partial charge on any atom is -0.493 e. The molecule has 0 aliphatic rings. The lowest BCUT2D eigenvalue weighted by molar-refractivity contribution is 0.264. The SMILES string of the molecule is CC(C)COc1cc(CO)cc(C(C)(C)C)c1. The number of rotatable bonds is 4. The Morgan fingerprint density at radius 2 is 1.82 bits per heavy atom. The Labute approximate surface area is 105 Å². The highest BCUT2D eigenvalue weighted by atomic mass is 16.5. The Balaban J connectivity index is 2.97. The van der Waals surface area contributed by atoms with Gasteiger partial charge in [-0.25, -0.2) is 0 Å². The number of hydrogen-bond donors (Lipinski definition) is 1. The maximum atomic E-state index is 9.27. The van der Waals surface area contributed by atoms with Gasteiger partial charge in [-0.15, -0.1) is 0 Å². The Morgan fingerprint density at radius 3 is 2.29 bits per heavy atom. The largest absolute Gasteiger partial charge is 0.493 e. The fraction of sp³-hybridized carbons (Fsp3) is 0.600. The lowest BCUT2D eigenvalue weighted by atomic mass is 9.86. The van der Waals surface area contributed by atoms with Crippen LogP contribution in [0.4, 0.5) is 0 Å². The first-order valence-corrected chi connectivity index (χ1v) is 6.21. The Hall–Kier alpha value is -1.02. The lowest BCUT2D eigenvalue weighted by Gasteiger charge is -2.21. The van der Waals surface area contributed by atoms with Crippen molar-refractivity contribution in [2.75, 3.05) is 6.61 Å². The molecule has 0 radical (unpaired) electrons. The molecule has 96 valence electrons. The normalized spacial score (nSPS) is 11.9. The van der Waals surface area contributed by atoms with Crippen LogP contribution in [0.25, 0.3) is 0 Å². The third kappa shape index (κ3) is 4.39. The van der Waals surface area contributed by atoms with Crippen LogP contribution in [0.15, 0.2) is 18.2 Å². The topological polar surface area (TPSA) is 29.5 Å². The molecule has 1 N–H and O–H groups in total. The van der Waals surface area contributed by atoms with E-state index in [1.807, 2.05) is 12.1 Å². The van der Waals surface area contributed by atoms with E-state index in [-0.39, 0.29) is 12.0 Å². The first-order valence-electron chi connectivity index (χ1n) is 6.21. The predicted octanol–water partition coefficient (Wildman–Crippen LogP) is 3.51. The zero-order valence-electron chi connectivity index (χ0n) is 11.6. The van der Waals surface area contributed by atoms with Crippen molar-refractivity contribution in [3.63, 3.8) is 0 Å². The van der Waals surface area contributed by atoms with Crippen molar-refractivity contribution >= 4 is 0 Å². The van der Waals surface area contributed by atoms with Crippen molar-refractivity contribution in [2.24, 2.45) is 5.92 Å². The van der Waals surface area contributed by atoms with Crippen molar-refractivity contribution in [3.05, 3.63) is 29.3 Å². The van der Waals surface area contributed by atoms with E-state index in [1.165, 1.54) is 5.56 Å². The lowest BCUT2D eigenvalue weighted by Crippen LogP contribution is -2.12. The van der Waals surface area contributed by atoms with Crippen LogP contribution in [0.5, 0.6) is 5.75 Å². The molecule has 0 atom stereocenters. The van der Waals surface area contributed by atoms with E-state index in [2.05, 4.69) is 40.7 Å². The Morgan fingerprint density at radius 1 is 1.18 bits per heavy atom. The minimum atomic E-state index is 0.0575. The molecule has 0 spiro atoms. The second kappa shape index (κ2) is 5.54. The number of ether oxygens (including phenoxy) is 1. The molecule has 0 unspecified atom stereocenters. The standard InChI is InChI=1S/C15H24O2/c1-11(2)10-17-14-7-12(9-16)6-13(8-14)15(3,4)5/h6-8,11,16H,9-10H2,1-5H3. The molecule has 0 saturated heterocycles. The summed E-state index contributed by atoms with van der Waals surface area (Å²) in [5.41, 5.74) is 2.18. The number of aliphatic hydroxyl groups is 1. The van der Waals surface area contributed by atoms with E-state index in [4.69, 9.17) is 4.74 Å². The van der Waals surface area contributed by atoms with E-state index < -0.39 is 0 Å². The second-order valence-corrected chi connectivity index (χ2v) is 5.98. The zero-order chi connectivity index (χ0) is 13.1. The summed E-state index contributed by atoms with van der Waals surface area (Å²) in [6.07, 6.45) is 0. The van der Waals surface area contributed by atoms with Gasteiger partial charge >= 0.3 is 0 Å². The highest BCUT2D eigenvalue weighted by Crippen LogP contribution is 2.28. The smallest absolute Gasteiger partial charge is 0.119 e. The first-order chi connectivity index (χ1) is 7.82. The van der Waals surface area contributed by atoms with Crippen molar-refractivity contribution in [1.29, 1.82) is 0 Å². The highest BCUT2D eigenvalue weighted by molar-refractivity contribution is 5.37. The summed E-state index contributed by atoms with van der Waals surface area (Å²) >= 11 is 0. The molecule has 0 aliphatic carbocycles. The summed E-state index contributed by atoms with van der Waals surface area (Å²) in [7, 11) is 0. The maximum Gasteiger partial charge on any atom is 0.119 e. The third-order valence-electron chi connectivity index (χ3n) is 2.60. The molecule has 0 amide bonds. The molecular formula is C15H24O2. The van der Waals surface area contributed by atoms with Crippen molar-refractivity contribution in [1.82, 2.24) is 0 Å². The van der Waals surface area contributed by atoms with Gasteiger partial charge < -0.3 is 9.84 Å². The summed E-state index contributed by atoms with van der Waals surface area (Å²) in [5, 5.41) is 9.27. The van der Waals surface area contributed by atoms with Crippen molar-refractivity contribution in [2.45, 2.75) is 46.6 Å². The molecule has 0 fully saturated rings. The fourth-order valence-electron chi connectivity index (χ4n) is 1.53. The molecule has 0 bridgehead atoms. The molecule has 1 aromatic rings. The number of benzene rings is 1. The van der Waals surface area contributed by atoms with Gasteiger partial charge in [0.25, 0.3) is 0 Å². The van der Waals surface area contributed by atoms with Gasteiger partial charge in [0, 0.05) is 0 Å². The van der Waals surface area contributed by atoms with Gasteiger partial charge in [-0.3, -0.25) is 0 Å². The van der Waals surface area contributed by atoms with E-state index in [9.17, 15) is 5.11 Å². The highest BCUT2D eigenvalue weighted by Gasteiger charge is 2.15. The molecule has 0 aliphatic heterocycles. The zero-order valence-corrected chi connectivity index (χ0v) is 11.6. The molecule has 1 rings (SSSR count). The maximum absolute atomic E-state index is 9.27. The number of aliphatic hydroxyl groups excluding tert-OH is 1. The van der Waals surface area contributed by atoms with Gasteiger partial charge in [-0.05, 0) is 34.6 Å². The van der Waals surface area contributed by atoms with Crippen LogP contribution in [0, 0.1) is 5.92 Å². The van der Waals surface area contributed by atoms with E-state index in [1.54, 1.807) is 0 Å².